The van der Waals surface area contributed by atoms with Gasteiger partial charge >= 0.3 is 5.97 Å². The molecule has 1 aromatic carbocycles. The molecule has 0 atom stereocenters. The smallest absolute Gasteiger partial charge is 0.338 e. The fraction of sp³-hybridized carbons (Fsp3) is 0.385. The summed E-state index contributed by atoms with van der Waals surface area (Å²) in [6.07, 6.45) is 0.843. The molecule has 0 spiro atoms. The van der Waals surface area contributed by atoms with Crippen LogP contribution >= 0.6 is 0 Å². The van der Waals surface area contributed by atoms with Gasteiger partial charge in [0.2, 0.25) is 0 Å². The molecule has 0 aliphatic rings. The maximum absolute atomic E-state index is 11.6. The summed E-state index contributed by atoms with van der Waals surface area (Å²) in [5.41, 5.74) is 0.359. The van der Waals surface area contributed by atoms with Gasteiger partial charge in [-0.1, -0.05) is 13.0 Å². The third-order valence-electron chi connectivity index (χ3n) is 2.21. The van der Waals surface area contributed by atoms with Crippen molar-refractivity contribution in [3.63, 3.8) is 0 Å². The Morgan fingerprint density at radius 2 is 2.11 bits per heavy atom. The summed E-state index contributed by atoms with van der Waals surface area (Å²) in [6.45, 7) is 2.26. The van der Waals surface area contributed by atoms with Crippen LogP contribution in [0, 0.1) is 0 Å². The predicted molar refractivity (Wildman–Crippen MR) is 66.6 cm³/mol. The van der Waals surface area contributed by atoms with E-state index in [1.165, 1.54) is 7.11 Å². The van der Waals surface area contributed by atoms with Crippen LogP contribution in [0.3, 0.4) is 0 Å². The van der Waals surface area contributed by atoms with Gasteiger partial charge in [-0.3, -0.25) is 4.79 Å². The molecule has 18 heavy (non-hydrogen) atoms. The third kappa shape index (κ3) is 4.45. The number of nitrogens with one attached hydrogen (secondary N) is 1. The van der Waals surface area contributed by atoms with Gasteiger partial charge in [0.05, 0.1) is 12.7 Å². The molecule has 5 heteroatoms. The van der Waals surface area contributed by atoms with Crippen molar-refractivity contribution in [3.05, 3.63) is 29.8 Å². The highest BCUT2D eigenvalue weighted by Crippen LogP contribution is 2.13. The molecule has 0 heterocycles. The van der Waals surface area contributed by atoms with Gasteiger partial charge in [-0.15, -0.1) is 0 Å². The van der Waals surface area contributed by atoms with E-state index in [0.717, 1.165) is 6.42 Å². The van der Waals surface area contributed by atoms with Crippen LogP contribution in [0.2, 0.25) is 0 Å². The van der Waals surface area contributed by atoms with Crippen molar-refractivity contribution in [2.75, 3.05) is 20.3 Å². The lowest BCUT2D eigenvalue weighted by atomic mass is 10.2. The van der Waals surface area contributed by atoms with Crippen LogP contribution in [-0.2, 0) is 9.53 Å². The number of benzene rings is 1. The molecular weight excluding hydrogens is 234 g/mol. The van der Waals surface area contributed by atoms with Gasteiger partial charge in [0, 0.05) is 6.54 Å². The predicted octanol–water partition coefficient (Wildman–Crippen LogP) is 1.38. The second-order valence-electron chi connectivity index (χ2n) is 3.66. The lowest BCUT2D eigenvalue weighted by molar-refractivity contribution is -0.124. The highest BCUT2D eigenvalue weighted by Gasteiger charge is 2.10. The van der Waals surface area contributed by atoms with E-state index in [9.17, 15) is 9.59 Å². The van der Waals surface area contributed by atoms with Gasteiger partial charge in [0.1, 0.15) is 5.75 Å². The molecule has 1 amide bonds. The van der Waals surface area contributed by atoms with Crippen molar-refractivity contribution >= 4 is 11.9 Å². The zero-order valence-corrected chi connectivity index (χ0v) is 10.6. The molecule has 98 valence electrons. The van der Waals surface area contributed by atoms with Gasteiger partial charge in [0.15, 0.2) is 6.61 Å². The highest BCUT2D eigenvalue weighted by atomic mass is 16.5. The van der Waals surface area contributed by atoms with Gasteiger partial charge in [-0.25, -0.2) is 4.79 Å². The van der Waals surface area contributed by atoms with Crippen molar-refractivity contribution in [1.82, 2.24) is 5.32 Å². The van der Waals surface area contributed by atoms with Crippen molar-refractivity contribution in [1.29, 1.82) is 0 Å². The molecule has 1 rings (SSSR count). The maximum Gasteiger partial charge on any atom is 0.338 e. The molecule has 0 fully saturated rings. The molecule has 5 nitrogen and oxygen atoms in total. The van der Waals surface area contributed by atoms with E-state index in [2.05, 4.69) is 5.32 Å². The Labute approximate surface area is 106 Å². The minimum atomic E-state index is -0.541. The highest BCUT2D eigenvalue weighted by molar-refractivity contribution is 5.91. The Bertz CT molecular complexity index is 417. The Morgan fingerprint density at radius 3 is 2.78 bits per heavy atom. The Kier molecular flexibility index (Phi) is 5.70. The average molecular weight is 251 g/mol. The Morgan fingerprint density at radius 1 is 1.33 bits per heavy atom. The number of methoxy groups -OCH3 is 1. The van der Waals surface area contributed by atoms with Crippen LogP contribution in [0.15, 0.2) is 24.3 Å². The minimum Gasteiger partial charge on any atom is -0.497 e. The van der Waals surface area contributed by atoms with Gasteiger partial charge in [-0.05, 0) is 24.6 Å². The lowest BCUT2D eigenvalue weighted by Gasteiger charge is -2.06. The van der Waals surface area contributed by atoms with Crippen LogP contribution in [0.5, 0.6) is 5.75 Å². The number of carbonyl (C=O) groups is 2. The van der Waals surface area contributed by atoms with E-state index in [1.54, 1.807) is 24.3 Å². The molecular formula is C13H17NO4. The first kappa shape index (κ1) is 14.0. The molecule has 0 unspecified atom stereocenters. The molecule has 0 aliphatic carbocycles. The number of carbonyl (C=O) groups excluding carboxylic acids is 2. The third-order valence-corrected chi connectivity index (χ3v) is 2.21. The fourth-order valence-electron chi connectivity index (χ4n) is 1.28. The van der Waals surface area contributed by atoms with Crippen molar-refractivity contribution in [3.8, 4) is 5.75 Å². The zero-order valence-electron chi connectivity index (χ0n) is 10.6. The number of ether oxygens (including phenoxy) is 2. The average Bonchev–Trinajstić information content (AvgIpc) is 2.42. The van der Waals surface area contributed by atoms with E-state index >= 15 is 0 Å². The number of rotatable bonds is 6. The zero-order chi connectivity index (χ0) is 13.4. The normalized spacial score (nSPS) is 9.67. The molecule has 0 saturated heterocycles. The summed E-state index contributed by atoms with van der Waals surface area (Å²) in [7, 11) is 1.52. The van der Waals surface area contributed by atoms with Crippen molar-refractivity contribution < 1.29 is 19.1 Å². The van der Waals surface area contributed by atoms with E-state index in [1.807, 2.05) is 6.92 Å². The van der Waals surface area contributed by atoms with E-state index in [0.29, 0.717) is 17.9 Å². The van der Waals surface area contributed by atoms with Gasteiger partial charge < -0.3 is 14.8 Å². The molecule has 0 aromatic heterocycles. The fourth-order valence-corrected chi connectivity index (χ4v) is 1.28. The van der Waals surface area contributed by atoms with Crippen LogP contribution < -0.4 is 10.1 Å². The molecule has 1 aromatic rings. The lowest BCUT2D eigenvalue weighted by Crippen LogP contribution is -2.29. The topological polar surface area (TPSA) is 64.6 Å². The number of hydrogen-bond donors (Lipinski definition) is 1. The first-order chi connectivity index (χ1) is 8.67. The number of amides is 1. The second kappa shape index (κ2) is 7.32. The monoisotopic (exact) mass is 251 g/mol. The molecule has 0 radical (unpaired) electrons. The van der Waals surface area contributed by atoms with E-state index in [-0.39, 0.29) is 12.5 Å². The van der Waals surface area contributed by atoms with E-state index in [4.69, 9.17) is 9.47 Å². The number of esters is 1. The standard InChI is InChI=1S/C13H17NO4/c1-3-7-14-12(15)9-18-13(16)10-5-4-6-11(8-10)17-2/h4-6,8H,3,7,9H2,1-2H3,(H,14,15). The quantitative estimate of drug-likeness (QED) is 0.776. The van der Waals surface area contributed by atoms with Crippen molar-refractivity contribution in [2.45, 2.75) is 13.3 Å². The largest absolute Gasteiger partial charge is 0.497 e. The van der Waals surface area contributed by atoms with Gasteiger partial charge in [-0.2, -0.15) is 0 Å². The van der Waals surface area contributed by atoms with Gasteiger partial charge in [0.25, 0.3) is 5.91 Å². The van der Waals surface area contributed by atoms with E-state index < -0.39 is 5.97 Å². The van der Waals surface area contributed by atoms with Crippen LogP contribution in [-0.4, -0.2) is 32.1 Å². The first-order valence-electron chi connectivity index (χ1n) is 5.75. The van der Waals surface area contributed by atoms with Crippen LogP contribution in [0.4, 0.5) is 0 Å². The summed E-state index contributed by atoms with van der Waals surface area (Å²) in [4.78, 5) is 22.9. The number of hydrogen-bond acceptors (Lipinski definition) is 4. The SMILES string of the molecule is CCCNC(=O)COC(=O)c1cccc(OC)c1. The molecule has 0 aliphatic heterocycles. The van der Waals surface area contributed by atoms with Crippen molar-refractivity contribution in [2.24, 2.45) is 0 Å². The van der Waals surface area contributed by atoms with Crippen LogP contribution in [0.25, 0.3) is 0 Å². The maximum atomic E-state index is 11.6. The molecule has 0 bridgehead atoms. The summed E-state index contributed by atoms with van der Waals surface area (Å²) < 4.78 is 9.88. The Balaban J connectivity index is 2.47. The summed E-state index contributed by atoms with van der Waals surface area (Å²) in [5.74, 6) is -0.270. The summed E-state index contributed by atoms with van der Waals surface area (Å²) >= 11 is 0. The second-order valence-corrected chi connectivity index (χ2v) is 3.66. The first-order valence-corrected chi connectivity index (χ1v) is 5.75. The van der Waals surface area contributed by atoms with Crippen LogP contribution in [0.1, 0.15) is 23.7 Å². The molecule has 0 saturated carbocycles. The summed E-state index contributed by atoms with van der Waals surface area (Å²) in [5, 5.41) is 2.62. The molecule has 1 N–H and O–H groups in total. The Hall–Kier alpha value is -2.04. The minimum absolute atomic E-state index is 0.268. The summed E-state index contributed by atoms with van der Waals surface area (Å²) in [6, 6.07) is 6.58.